The van der Waals surface area contributed by atoms with Gasteiger partial charge in [0.15, 0.2) is 0 Å². The highest BCUT2D eigenvalue weighted by Gasteiger charge is 2.64. The summed E-state index contributed by atoms with van der Waals surface area (Å²) in [7, 11) is 1.38. The van der Waals surface area contributed by atoms with Crippen molar-refractivity contribution in [3.05, 3.63) is 0 Å². The second-order valence-corrected chi connectivity index (χ2v) is 13.9. The van der Waals surface area contributed by atoms with Gasteiger partial charge in [0.25, 0.3) is 0 Å². The third-order valence-corrected chi connectivity index (χ3v) is 12.2. The van der Waals surface area contributed by atoms with Crippen LogP contribution in [0.15, 0.2) is 0 Å². The van der Waals surface area contributed by atoms with Gasteiger partial charge in [-0.25, -0.2) is 0 Å². The van der Waals surface area contributed by atoms with Crippen molar-refractivity contribution in [3.8, 4) is 0 Å². The smallest absolute Gasteiger partial charge is 0.305 e. The maximum Gasteiger partial charge on any atom is 0.305 e. The predicted molar refractivity (Wildman–Crippen MR) is 147 cm³/mol. The van der Waals surface area contributed by atoms with Crippen LogP contribution in [-0.4, -0.2) is 48.1 Å². The molecule has 6 nitrogen and oxygen atoms in total. The van der Waals surface area contributed by atoms with Crippen LogP contribution in [0.5, 0.6) is 0 Å². The average Bonchev–Trinajstić information content (AvgIpc) is 3.25. The van der Waals surface area contributed by atoms with E-state index in [2.05, 4.69) is 32.4 Å². The van der Waals surface area contributed by atoms with E-state index in [4.69, 9.17) is 4.74 Å². The highest BCUT2D eigenvalue weighted by Crippen LogP contribution is 2.69. The standard InChI is InChI=1S/C32H54O6/c1-6-22-26-19-21(33)13-16-32(26,4)25-14-17-31(3)23(11-12-24(31)29(25)30(22)36)20(2)15-18-38-28(35)10-8-7-9-27(34)37-5/h20-26,29-30,33,36H,6-19H2,1-5H3/t20-,21-,22-,23-,24+,25+,26+,29+,30-,31-,32-/m1/s1. The van der Waals surface area contributed by atoms with Gasteiger partial charge in [0.2, 0.25) is 0 Å². The van der Waals surface area contributed by atoms with Gasteiger partial charge < -0.3 is 19.7 Å². The lowest BCUT2D eigenvalue weighted by atomic mass is 9.41. The maximum atomic E-state index is 12.2. The molecule has 0 aromatic rings. The molecule has 0 heterocycles. The molecule has 0 bridgehead atoms. The van der Waals surface area contributed by atoms with Crippen molar-refractivity contribution < 1.29 is 29.3 Å². The third-order valence-electron chi connectivity index (χ3n) is 12.2. The molecule has 38 heavy (non-hydrogen) atoms. The van der Waals surface area contributed by atoms with E-state index in [1.807, 2.05) is 0 Å². The number of hydrogen-bond acceptors (Lipinski definition) is 6. The number of hydrogen-bond donors (Lipinski definition) is 2. The van der Waals surface area contributed by atoms with Crippen molar-refractivity contribution in [1.82, 2.24) is 0 Å². The van der Waals surface area contributed by atoms with Gasteiger partial charge in [-0.2, -0.15) is 0 Å². The zero-order chi connectivity index (χ0) is 27.7. The molecule has 218 valence electrons. The highest BCUT2D eigenvalue weighted by molar-refractivity contribution is 5.70. The van der Waals surface area contributed by atoms with Gasteiger partial charge in [0.05, 0.1) is 25.9 Å². The Balaban J connectivity index is 1.35. The van der Waals surface area contributed by atoms with Crippen molar-refractivity contribution in [1.29, 1.82) is 0 Å². The summed E-state index contributed by atoms with van der Waals surface area (Å²) < 4.78 is 10.2. The van der Waals surface area contributed by atoms with E-state index in [9.17, 15) is 19.8 Å². The number of carbonyl (C=O) groups is 2. The first kappa shape index (κ1) is 29.8. The van der Waals surface area contributed by atoms with E-state index in [1.54, 1.807) is 0 Å². The summed E-state index contributed by atoms with van der Waals surface area (Å²) in [5.74, 6) is 2.88. The normalized spacial score (nSPS) is 42.9. The molecule has 11 atom stereocenters. The first-order chi connectivity index (χ1) is 18.1. The summed E-state index contributed by atoms with van der Waals surface area (Å²) >= 11 is 0. The van der Waals surface area contributed by atoms with Crippen LogP contribution in [0, 0.1) is 52.3 Å². The zero-order valence-corrected chi connectivity index (χ0v) is 24.6. The number of aliphatic hydroxyl groups excluding tert-OH is 2. The number of aliphatic hydroxyl groups is 2. The predicted octanol–water partition coefficient (Wildman–Crippen LogP) is 5.92. The number of methoxy groups -OCH3 is 1. The largest absolute Gasteiger partial charge is 0.469 e. The fourth-order valence-electron chi connectivity index (χ4n) is 10.2. The number of rotatable bonds is 10. The lowest BCUT2D eigenvalue weighted by Gasteiger charge is -2.64. The number of esters is 2. The first-order valence-corrected chi connectivity index (χ1v) is 15.6. The number of fused-ring (bicyclic) bond motifs is 5. The molecule has 0 radical (unpaired) electrons. The van der Waals surface area contributed by atoms with E-state index in [0.29, 0.717) is 73.7 Å². The number of unbranched alkanes of at least 4 members (excludes halogenated alkanes) is 1. The van der Waals surface area contributed by atoms with E-state index in [-0.39, 0.29) is 35.0 Å². The SMILES string of the molecule is CC[C@H]1[C@@H](O)[C@@H]2[C@H](CC[C@]3(C)[C@@H]([C@H](C)CCOC(=O)CCCCC(=O)OC)CC[C@@H]23)[C@@]2(C)CC[C@@H](O)C[C@@H]12. The zero-order valence-electron chi connectivity index (χ0n) is 24.6. The molecule has 4 saturated carbocycles. The van der Waals surface area contributed by atoms with Crippen LogP contribution in [0.4, 0.5) is 0 Å². The molecule has 6 heteroatoms. The Morgan fingerprint density at radius 3 is 2.26 bits per heavy atom. The fraction of sp³-hybridized carbons (Fsp3) is 0.938. The Kier molecular flexibility index (Phi) is 9.55. The van der Waals surface area contributed by atoms with Crippen LogP contribution < -0.4 is 0 Å². The minimum absolute atomic E-state index is 0.172. The molecule has 4 aliphatic carbocycles. The monoisotopic (exact) mass is 534 g/mol. The molecular weight excluding hydrogens is 480 g/mol. The van der Waals surface area contributed by atoms with Gasteiger partial charge >= 0.3 is 11.9 Å². The fourth-order valence-corrected chi connectivity index (χ4v) is 10.2. The second-order valence-electron chi connectivity index (χ2n) is 13.9. The summed E-state index contributed by atoms with van der Waals surface area (Å²) in [4.78, 5) is 23.4. The van der Waals surface area contributed by atoms with Crippen molar-refractivity contribution in [2.75, 3.05) is 13.7 Å². The molecule has 4 aliphatic rings. The molecule has 0 spiro atoms. The second kappa shape index (κ2) is 12.2. The van der Waals surface area contributed by atoms with Gasteiger partial charge in [-0.3, -0.25) is 9.59 Å². The van der Waals surface area contributed by atoms with Gasteiger partial charge in [-0.1, -0.05) is 34.1 Å². The minimum Gasteiger partial charge on any atom is -0.469 e. The summed E-state index contributed by atoms with van der Waals surface area (Å²) in [5.41, 5.74) is 0.467. The highest BCUT2D eigenvalue weighted by atomic mass is 16.5. The van der Waals surface area contributed by atoms with Gasteiger partial charge in [0.1, 0.15) is 0 Å². The summed E-state index contributed by atoms with van der Waals surface area (Å²) in [5, 5.41) is 22.4. The van der Waals surface area contributed by atoms with E-state index < -0.39 is 0 Å². The molecule has 0 aromatic carbocycles. The van der Waals surface area contributed by atoms with Crippen LogP contribution in [0.3, 0.4) is 0 Å². The van der Waals surface area contributed by atoms with E-state index >= 15 is 0 Å². The summed E-state index contributed by atoms with van der Waals surface area (Å²) in [6.45, 7) is 10.0. The Morgan fingerprint density at radius 2 is 1.58 bits per heavy atom. The van der Waals surface area contributed by atoms with Crippen molar-refractivity contribution in [2.24, 2.45) is 52.3 Å². The lowest BCUT2D eigenvalue weighted by Crippen LogP contribution is -2.62. The van der Waals surface area contributed by atoms with E-state index in [1.165, 1.54) is 32.8 Å². The molecule has 4 rings (SSSR count). The Morgan fingerprint density at radius 1 is 0.921 bits per heavy atom. The molecular formula is C32H54O6. The molecule has 0 unspecified atom stereocenters. The van der Waals surface area contributed by atoms with Gasteiger partial charge in [-0.05, 0) is 116 Å². The van der Waals surface area contributed by atoms with Crippen LogP contribution in [0.2, 0.25) is 0 Å². The average molecular weight is 535 g/mol. The van der Waals surface area contributed by atoms with Crippen LogP contribution in [-0.2, 0) is 19.1 Å². The van der Waals surface area contributed by atoms with Crippen LogP contribution in [0.25, 0.3) is 0 Å². The van der Waals surface area contributed by atoms with Crippen LogP contribution >= 0.6 is 0 Å². The summed E-state index contributed by atoms with van der Waals surface area (Å²) in [6, 6.07) is 0. The van der Waals surface area contributed by atoms with Gasteiger partial charge in [0, 0.05) is 12.8 Å². The third kappa shape index (κ3) is 5.55. The van der Waals surface area contributed by atoms with Crippen molar-refractivity contribution in [3.63, 3.8) is 0 Å². The molecule has 0 saturated heterocycles. The summed E-state index contributed by atoms with van der Waals surface area (Å²) in [6.07, 6.45) is 11.1. The Hall–Kier alpha value is -1.14. The topological polar surface area (TPSA) is 93.1 Å². The van der Waals surface area contributed by atoms with E-state index in [0.717, 1.165) is 32.1 Å². The van der Waals surface area contributed by atoms with Crippen molar-refractivity contribution >= 4 is 11.9 Å². The molecule has 0 amide bonds. The number of carbonyl (C=O) groups excluding carboxylic acids is 2. The molecule has 2 N–H and O–H groups in total. The minimum atomic E-state index is -0.257. The van der Waals surface area contributed by atoms with Gasteiger partial charge in [-0.15, -0.1) is 0 Å². The molecule has 4 fully saturated rings. The lowest BCUT2D eigenvalue weighted by molar-refractivity contribution is -0.203. The molecule has 0 aromatic heterocycles. The van der Waals surface area contributed by atoms with Crippen LogP contribution in [0.1, 0.15) is 111 Å². The number of ether oxygens (including phenoxy) is 2. The first-order valence-electron chi connectivity index (χ1n) is 15.6. The molecule has 0 aliphatic heterocycles. The van der Waals surface area contributed by atoms with Crippen molar-refractivity contribution in [2.45, 2.75) is 123 Å². The Bertz CT molecular complexity index is 829. The quantitative estimate of drug-likeness (QED) is 0.267. The maximum absolute atomic E-state index is 12.2. The Labute approximate surface area is 230 Å².